The molecular weight excluding hydrogens is 366 g/mol. The molecule has 0 spiro atoms. The van der Waals surface area contributed by atoms with Gasteiger partial charge in [0, 0.05) is 36.6 Å². The fourth-order valence-electron chi connectivity index (χ4n) is 3.88. The Labute approximate surface area is 168 Å². The number of hydroxylamine groups is 2. The van der Waals surface area contributed by atoms with E-state index in [4.69, 9.17) is 10.6 Å². The predicted octanol–water partition coefficient (Wildman–Crippen LogP) is 3.27. The van der Waals surface area contributed by atoms with Gasteiger partial charge in [-0.05, 0) is 31.0 Å². The summed E-state index contributed by atoms with van der Waals surface area (Å²) in [5.74, 6) is 1.17. The first kappa shape index (κ1) is 17.8. The molecule has 5 rings (SSSR count). The van der Waals surface area contributed by atoms with Gasteiger partial charge in [0.2, 0.25) is 0 Å². The minimum Gasteiger partial charge on any atom is -0.383 e. The number of H-pyrrole nitrogens is 1. The number of nitrogens with two attached hydrogens (primary N) is 1. The molecule has 8 nitrogen and oxygen atoms in total. The van der Waals surface area contributed by atoms with Crippen LogP contribution in [0.3, 0.4) is 0 Å². The molecule has 4 heterocycles. The van der Waals surface area contributed by atoms with Crippen molar-refractivity contribution in [2.24, 2.45) is 0 Å². The zero-order chi connectivity index (χ0) is 19.8. The molecule has 8 heteroatoms. The molecule has 0 aliphatic carbocycles. The number of hydrogen-bond acceptors (Lipinski definition) is 6. The minimum atomic E-state index is 0.381. The van der Waals surface area contributed by atoms with Gasteiger partial charge in [-0.2, -0.15) is 10.2 Å². The Morgan fingerprint density at radius 3 is 2.76 bits per heavy atom. The maximum Gasteiger partial charge on any atom is 0.142 e. The lowest BCUT2D eigenvalue weighted by atomic mass is 10.1. The molecule has 0 bridgehead atoms. The number of para-hydroxylation sites is 2. The molecule has 1 fully saturated rings. The van der Waals surface area contributed by atoms with Crippen molar-refractivity contribution in [2.45, 2.75) is 18.9 Å². The first-order valence-electron chi connectivity index (χ1n) is 9.75. The van der Waals surface area contributed by atoms with Gasteiger partial charge in [-0.3, -0.25) is 4.68 Å². The van der Waals surface area contributed by atoms with Gasteiger partial charge in [-0.25, -0.2) is 9.97 Å². The van der Waals surface area contributed by atoms with Gasteiger partial charge in [0.25, 0.3) is 0 Å². The molecule has 29 heavy (non-hydrogen) atoms. The molecule has 0 saturated carbocycles. The van der Waals surface area contributed by atoms with Gasteiger partial charge >= 0.3 is 0 Å². The highest BCUT2D eigenvalue weighted by molar-refractivity contribution is 5.83. The first-order chi connectivity index (χ1) is 14.2. The van der Waals surface area contributed by atoms with Gasteiger partial charge < -0.3 is 15.6 Å². The number of anilines is 1. The summed E-state index contributed by atoms with van der Waals surface area (Å²) in [6.07, 6.45) is 7.79. The first-order valence-corrected chi connectivity index (χ1v) is 9.75. The Hall–Kier alpha value is -3.23. The average molecular weight is 389 g/mol. The number of aromatic amines is 1. The van der Waals surface area contributed by atoms with E-state index in [1.165, 1.54) is 0 Å². The van der Waals surface area contributed by atoms with E-state index >= 15 is 0 Å². The Balaban J connectivity index is 1.44. The van der Waals surface area contributed by atoms with Crippen molar-refractivity contribution in [1.82, 2.24) is 29.8 Å². The third-order valence-electron chi connectivity index (χ3n) is 5.55. The third-order valence-corrected chi connectivity index (χ3v) is 5.55. The smallest absolute Gasteiger partial charge is 0.142 e. The summed E-state index contributed by atoms with van der Waals surface area (Å²) in [4.78, 5) is 17.7. The molecule has 1 aliphatic rings. The van der Waals surface area contributed by atoms with E-state index in [0.717, 1.165) is 59.5 Å². The quantitative estimate of drug-likeness (QED) is 0.556. The van der Waals surface area contributed by atoms with E-state index in [1.807, 2.05) is 41.6 Å². The van der Waals surface area contributed by atoms with Crippen molar-refractivity contribution < 1.29 is 4.84 Å². The SMILES string of the molecule is CON1CCC(n2cc(-c3cnc(N)c(-c4nc5ccccc5[nH]4)c3)cn2)CC1. The van der Waals surface area contributed by atoms with Gasteiger partial charge in [0.05, 0.1) is 35.9 Å². The number of hydrogen-bond donors (Lipinski definition) is 2. The molecule has 0 atom stereocenters. The number of imidazole rings is 1. The van der Waals surface area contributed by atoms with Crippen LogP contribution >= 0.6 is 0 Å². The molecule has 0 amide bonds. The maximum absolute atomic E-state index is 6.16. The number of piperidine rings is 1. The van der Waals surface area contributed by atoms with Gasteiger partial charge in [0.15, 0.2) is 0 Å². The molecule has 1 aromatic carbocycles. The van der Waals surface area contributed by atoms with Crippen LogP contribution in [-0.4, -0.2) is 50.0 Å². The minimum absolute atomic E-state index is 0.381. The lowest BCUT2D eigenvalue weighted by Crippen LogP contribution is -2.33. The zero-order valence-corrected chi connectivity index (χ0v) is 16.2. The van der Waals surface area contributed by atoms with Crippen molar-refractivity contribution in [3.63, 3.8) is 0 Å². The lowest BCUT2D eigenvalue weighted by molar-refractivity contribution is -0.147. The molecule has 4 aromatic rings. The number of nitrogens with zero attached hydrogens (tertiary/aromatic N) is 5. The van der Waals surface area contributed by atoms with Crippen LogP contribution in [0.2, 0.25) is 0 Å². The van der Waals surface area contributed by atoms with Crippen LogP contribution in [0.25, 0.3) is 33.5 Å². The average Bonchev–Trinajstić information content (AvgIpc) is 3.41. The molecule has 3 N–H and O–H groups in total. The van der Waals surface area contributed by atoms with Gasteiger partial charge in [-0.15, -0.1) is 0 Å². The van der Waals surface area contributed by atoms with Crippen molar-refractivity contribution in [1.29, 1.82) is 0 Å². The van der Waals surface area contributed by atoms with Crippen LogP contribution in [0, 0.1) is 0 Å². The molecule has 1 saturated heterocycles. The van der Waals surface area contributed by atoms with E-state index in [-0.39, 0.29) is 0 Å². The fourth-order valence-corrected chi connectivity index (χ4v) is 3.88. The molecule has 3 aromatic heterocycles. The van der Waals surface area contributed by atoms with E-state index in [1.54, 1.807) is 13.3 Å². The summed E-state index contributed by atoms with van der Waals surface area (Å²) in [5.41, 5.74) is 10.8. The number of fused-ring (bicyclic) bond motifs is 1. The van der Waals surface area contributed by atoms with E-state index in [0.29, 0.717) is 11.9 Å². The molecule has 1 aliphatic heterocycles. The van der Waals surface area contributed by atoms with Crippen LogP contribution < -0.4 is 5.73 Å². The number of benzene rings is 1. The highest BCUT2D eigenvalue weighted by Crippen LogP contribution is 2.30. The van der Waals surface area contributed by atoms with Crippen LogP contribution in [0.15, 0.2) is 48.9 Å². The third kappa shape index (κ3) is 3.37. The number of pyridine rings is 1. The van der Waals surface area contributed by atoms with Crippen LogP contribution in [0.4, 0.5) is 5.82 Å². The van der Waals surface area contributed by atoms with Crippen molar-refractivity contribution >= 4 is 16.9 Å². The molecular formula is C21H23N7O. The Morgan fingerprint density at radius 1 is 1.14 bits per heavy atom. The summed E-state index contributed by atoms with van der Waals surface area (Å²) < 4.78 is 2.06. The molecule has 0 unspecified atom stereocenters. The van der Waals surface area contributed by atoms with E-state index in [9.17, 15) is 0 Å². The van der Waals surface area contributed by atoms with Crippen LogP contribution in [-0.2, 0) is 4.84 Å². The van der Waals surface area contributed by atoms with Gasteiger partial charge in [0.1, 0.15) is 11.6 Å². The van der Waals surface area contributed by atoms with E-state index < -0.39 is 0 Å². The standard InChI is InChI=1S/C21H23N7O/c1-29-27-8-6-16(7-9-27)28-13-15(12-24-28)14-10-17(20(22)23-11-14)21-25-18-4-2-3-5-19(18)26-21/h2-5,10-13,16H,6-9H2,1H3,(H2,22,23)(H,25,26). The Kier molecular flexibility index (Phi) is 4.49. The number of rotatable bonds is 4. The molecule has 148 valence electrons. The summed E-state index contributed by atoms with van der Waals surface area (Å²) in [5, 5.41) is 6.59. The van der Waals surface area contributed by atoms with E-state index in [2.05, 4.69) is 30.9 Å². The second kappa shape index (κ2) is 7.31. The maximum atomic E-state index is 6.16. The van der Waals surface area contributed by atoms with Gasteiger partial charge in [-0.1, -0.05) is 12.1 Å². The van der Waals surface area contributed by atoms with Crippen molar-refractivity contribution in [3.8, 4) is 22.5 Å². The summed E-state index contributed by atoms with van der Waals surface area (Å²) >= 11 is 0. The Bertz CT molecular complexity index is 1110. The number of nitrogen functional groups attached to an aromatic ring is 1. The fraction of sp³-hybridized carbons (Fsp3) is 0.286. The normalized spacial score (nSPS) is 15.9. The summed E-state index contributed by atoms with van der Waals surface area (Å²) in [7, 11) is 1.72. The second-order valence-electron chi connectivity index (χ2n) is 7.31. The highest BCUT2D eigenvalue weighted by Gasteiger charge is 2.21. The van der Waals surface area contributed by atoms with Crippen LogP contribution in [0.1, 0.15) is 18.9 Å². The lowest BCUT2D eigenvalue weighted by Gasteiger charge is -2.30. The van der Waals surface area contributed by atoms with Crippen LogP contribution in [0.5, 0.6) is 0 Å². The largest absolute Gasteiger partial charge is 0.383 e. The highest BCUT2D eigenvalue weighted by atomic mass is 16.7. The summed E-state index contributed by atoms with van der Waals surface area (Å²) in [6, 6.07) is 10.3. The zero-order valence-electron chi connectivity index (χ0n) is 16.2. The van der Waals surface area contributed by atoms with Crippen molar-refractivity contribution in [2.75, 3.05) is 25.9 Å². The topological polar surface area (TPSA) is 97.9 Å². The predicted molar refractivity (Wildman–Crippen MR) is 112 cm³/mol. The number of aromatic nitrogens is 5. The van der Waals surface area contributed by atoms with Crippen molar-refractivity contribution in [3.05, 3.63) is 48.9 Å². The number of nitrogens with one attached hydrogen (secondary N) is 1. The monoisotopic (exact) mass is 389 g/mol. The summed E-state index contributed by atoms with van der Waals surface area (Å²) in [6.45, 7) is 1.83. The molecule has 0 radical (unpaired) electrons. The second-order valence-corrected chi connectivity index (χ2v) is 7.31. The Morgan fingerprint density at radius 2 is 1.97 bits per heavy atom.